The molecule has 1 unspecified atom stereocenters. The summed E-state index contributed by atoms with van der Waals surface area (Å²) < 4.78 is 0. The van der Waals surface area contributed by atoms with Crippen molar-refractivity contribution in [2.75, 3.05) is 6.54 Å². The standard InChI is InChI=1S/C12H16ClNO3/c1-2-3-9(13)7-14-12(17)8-4-5-10(15)11(16)6-8/h4-6,9,15-16H,2-3,7H2,1H3,(H,14,17). The van der Waals surface area contributed by atoms with Crippen molar-refractivity contribution in [1.82, 2.24) is 5.32 Å². The lowest BCUT2D eigenvalue weighted by atomic mass is 10.2. The third-order valence-corrected chi connectivity index (χ3v) is 2.70. The second kappa shape index (κ2) is 6.35. The fraction of sp³-hybridized carbons (Fsp3) is 0.417. The van der Waals surface area contributed by atoms with Crippen LogP contribution in [0.1, 0.15) is 30.1 Å². The molecule has 0 radical (unpaired) electrons. The summed E-state index contributed by atoms with van der Waals surface area (Å²) in [6.45, 7) is 2.41. The molecule has 0 saturated heterocycles. The summed E-state index contributed by atoms with van der Waals surface area (Å²) >= 11 is 5.96. The molecule has 1 rings (SSSR count). The number of rotatable bonds is 5. The van der Waals surface area contributed by atoms with E-state index >= 15 is 0 Å². The first-order chi connectivity index (χ1) is 8.04. The number of hydrogen-bond donors (Lipinski definition) is 3. The maximum atomic E-state index is 11.7. The van der Waals surface area contributed by atoms with Crippen LogP contribution in [0.15, 0.2) is 18.2 Å². The van der Waals surface area contributed by atoms with E-state index in [1.165, 1.54) is 18.2 Å². The van der Waals surface area contributed by atoms with Crippen molar-refractivity contribution in [2.45, 2.75) is 25.1 Å². The molecule has 1 amide bonds. The highest BCUT2D eigenvalue weighted by atomic mass is 35.5. The molecule has 4 nitrogen and oxygen atoms in total. The first-order valence-corrected chi connectivity index (χ1v) is 5.92. The lowest BCUT2D eigenvalue weighted by molar-refractivity contribution is 0.0953. The number of carbonyl (C=O) groups is 1. The molecule has 0 spiro atoms. The number of aromatic hydroxyl groups is 2. The number of amides is 1. The molecule has 1 atom stereocenters. The number of carbonyl (C=O) groups excluding carboxylic acids is 1. The van der Waals surface area contributed by atoms with E-state index in [0.717, 1.165) is 12.8 Å². The van der Waals surface area contributed by atoms with Crippen molar-refractivity contribution in [1.29, 1.82) is 0 Å². The summed E-state index contributed by atoms with van der Waals surface area (Å²) in [7, 11) is 0. The highest BCUT2D eigenvalue weighted by molar-refractivity contribution is 6.20. The fourth-order valence-corrected chi connectivity index (χ4v) is 1.68. The van der Waals surface area contributed by atoms with Crippen molar-refractivity contribution in [3.05, 3.63) is 23.8 Å². The number of halogens is 1. The molecule has 0 bridgehead atoms. The zero-order valence-corrected chi connectivity index (χ0v) is 10.4. The van der Waals surface area contributed by atoms with Gasteiger partial charge in [0.15, 0.2) is 11.5 Å². The monoisotopic (exact) mass is 257 g/mol. The van der Waals surface area contributed by atoms with Gasteiger partial charge >= 0.3 is 0 Å². The Morgan fingerprint density at radius 1 is 1.41 bits per heavy atom. The van der Waals surface area contributed by atoms with Crippen LogP contribution in [-0.4, -0.2) is 28.0 Å². The quantitative estimate of drug-likeness (QED) is 0.560. The zero-order chi connectivity index (χ0) is 12.8. The molecule has 0 saturated carbocycles. The van der Waals surface area contributed by atoms with Gasteiger partial charge < -0.3 is 15.5 Å². The molecule has 0 heterocycles. The number of benzene rings is 1. The topological polar surface area (TPSA) is 69.6 Å². The minimum Gasteiger partial charge on any atom is -0.504 e. The molecule has 17 heavy (non-hydrogen) atoms. The van der Waals surface area contributed by atoms with Gasteiger partial charge in [-0.25, -0.2) is 0 Å². The summed E-state index contributed by atoms with van der Waals surface area (Å²) in [5, 5.41) is 20.9. The summed E-state index contributed by atoms with van der Waals surface area (Å²) in [5.74, 6) is -0.876. The SMILES string of the molecule is CCCC(Cl)CNC(=O)c1ccc(O)c(O)c1. The number of phenolic OH excluding ortho intramolecular Hbond substituents is 2. The zero-order valence-electron chi connectivity index (χ0n) is 9.61. The smallest absolute Gasteiger partial charge is 0.251 e. The fourth-order valence-electron chi connectivity index (χ4n) is 1.39. The van der Waals surface area contributed by atoms with E-state index in [1.54, 1.807) is 0 Å². The Bertz CT molecular complexity index is 395. The predicted molar refractivity (Wildman–Crippen MR) is 66.7 cm³/mol. The van der Waals surface area contributed by atoms with E-state index in [-0.39, 0.29) is 22.8 Å². The van der Waals surface area contributed by atoms with Gasteiger partial charge in [-0.05, 0) is 24.6 Å². The van der Waals surface area contributed by atoms with Crippen LogP contribution in [0.25, 0.3) is 0 Å². The minimum absolute atomic E-state index is 0.0883. The molecule has 0 aromatic heterocycles. The maximum Gasteiger partial charge on any atom is 0.251 e. The highest BCUT2D eigenvalue weighted by Gasteiger charge is 2.10. The Hall–Kier alpha value is -1.42. The average Bonchev–Trinajstić information content (AvgIpc) is 2.30. The van der Waals surface area contributed by atoms with Crippen molar-refractivity contribution in [3.63, 3.8) is 0 Å². The van der Waals surface area contributed by atoms with Crippen LogP contribution in [0.4, 0.5) is 0 Å². The summed E-state index contributed by atoms with van der Waals surface area (Å²) in [5.41, 5.74) is 0.292. The molecule has 0 aliphatic rings. The van der Waals surface area contributed by atoms with Crippen LogP contribution in [0.5, 0.6) is 11.5 Å². The van der Waals surface area contributed by atoms with Crippen molar-refractivity contribution in [3.8, 4) is 11.5 Å². The molecule has 0 aliphatic heterocycles. The van der Waals surface area contributed by atoms with Gasteiger partial charge in [-0.15, -0.1) is 11.6 Å². The number of nitrogens with one attached hydrogen (secondary N) is 1. The summed E-state index contributed by atoms with van der Waals surface area (Å²) in [6.07, 6.45) is 1.80. The molecule has 1 aromatic carbocycles. The Morgan fingerprint density at radius 3 is 2.71 bits per heavy atom. The van der Waals surface area contributed by atoms with Gasteiger partial charge in [0.2, 0.25) is 0 Å². The van der Waals surface area contributed by atoms with Gasteiger partial charge in [0.05, 0.1) is 5.38 Å². The predicted octanol–water partition coefficient (Wildman–Crippen LogP) is 2.24. The Labute approximate surface area is 105 Å². The second-order valence-electron chi connectivity index (χ2n) is 3.80. The minimum atomic E-state index is -0.318. The lowest BCUT2D eigenvalue weighted by Gasteiger charge is -2.10. The highest BCUT2D eigenvalue weighted by Crippen LogP contribution is 2.24. The average molecular weight is 258 g/mol. The van der Waals surface area contributed by atoms with Gasteiger partial charge in [0.25, 0.3) is 5.91 Å². The first-order valence-electron chi connectivity index (χ1n) is 5.48. The van der Waals surface area contributed by atoms with Crippen molar-refractivity contribution >= 4 is 17.5 Å². The number of hydrogen-bond acceptors (Lipinski definition) is 3. The first kappa shape index (κ1) is 13.6. The van der Waals surface area contributed by atoms with Crippen LogP contribution >= 0.6 is 11.6 Å². The van der Waals surface area contributed by atoms with Crippen LogP contribution in [0.2, 0.25) is 0 Å². The Balaban J connectivity index is 2.55. The van der Waals surface area contributed by atoms with Gasteiger partial charge in [0, 0.05) is 12.1 Å². The largest absolute Gasteiger partial charge is 0.504 e. The van der Waals surface area contributed by atoms with E-state index in [9.17, 15) is 9.90 Å². The van der Waals surface area contributed by atoms with Crippen molar-refractivity contribution < 1.29 is 15.0 Å². The number of phenols is 2. The third-order valence-electron chi connectivity index (χ3n) is 2.32. The Morgan fingerprint density at radius 2 is 2.12 bits per heavy atom. The number of alkyl halides is 1. The molecular weight excluding hydrogens is 242 g/mol. The lowest BCUT2D eigenvalue weighted by Crippen LogP contribution is -2.29. The van der Waals surface area contributed by atoms with Crippen molar-refractivity contribution in [2.24, 2.45) is 0 Å². The summed E-state index contributed by atoms with van der Waals surface area (Å²) in [4.78, 5) is 11.7. The van der Waals surface area contributed by atoms with E-state index in [4.69, 9.17) is 16.7 Å². The Kier molecular flexibility index (Phi) is 5.10. The third kappa shape index (κ3) is 4.15. The molecule has 94 valence electrons. The van der Waals surface area contributed by atoms with Crippen LogP contribution in [0.3, 0.4) is 0 Å². The van der Waals surface area contributed by atoms with Gasteiger partial charge in [-0.3, -0.25) is 4.79 Å². The van der Waals surface area contributed by atoms with Crippen LogP contribution < -0.4 is 5.32 Å². The second-order valence-corrected chi connectivity index (χ2v) is 4.42. The van der Waals surface area contributed by atoms with Gasteiger partial charge in [0.1, 0.15) is 0 Å². The normalized spacial score (nSPS) is 12.1. The molecule has 1 aromatic rings. The molecular formula is C12H16ClNO3. The van der Waals surface area contributed by atoms with Crippen LogP contribution in [0, 0.1) is 0 Å². The van der Waals surface area contributed by atoms with E-state index < -0.39 is 0 Å². The van der Waals surface area contributed by atoms with E-state index in [2.05, 4.69) is 5.32 Å². The molecule has 5 heteroatoms. The molecule has 0 aliphatic carbocycles. The maximum absolute atomic E-state index is 11.7. The molecule has 0 fully saturated rings. The van der Waals surface area contributed by atoms with E-state index in [1.807, 2.05) is 6.92 Å². The van der Waals surface area contributed by atoms with Gasteiger partial charge in [-0.1, -0.05) is 13.3 Å². The molecule has 3 N–H and O–H groups in total. The summed E-state index contributed by atoms with van der Waals surface area (Å²) in [6, 6.07) is 3.93. The van der Waals surface area contributed by atoms with E-state index in [0.29, 0.717) is 12.1 Å². The van der Waals surface area contributed by atoms with Gasteiger partial charge in [-0.2, -0.15) is 0 Å². The van der Waals surface area contributed by atoms with Crippen LogP contribution in [-0.2, 0) is 0 Å².